The summed E-state index contributed by atoms with van der Waals surface area (Å²) >= 11 is 0. The van der Waals surface area contributed by atoms with Crippen LogP contribution in [-0.4, -0.2) is 29.1 Å². The van der Waals surface area contributed by atoms with E-state index in [1.54, 1.807) is 6.33 Å². The Morgan fingerprint density at radius 2 is 2.00 bits per heavy atom. The van der Waals surface area contributed by atoms with Crippen molar-refractivity contribution in [1.29, 1.82) is 0 Å². The molecule has 1 unspecified atom stereocenters. The standard InChI is InChI=1S/C13H24N4/c1-6-10(4)17(8-3)13-11(5)12(14-7-2)15-9-16-13/h9-10H,6-8H2,1-5H3,(H,14,15,16). The normalized spacial score (nSPS) is 12.3. The van der Waals surface area contributed by atoms with Crippen LogP contribution in [0, 0.1) is 6.92 Å². The zero-order valence-corrected chi connectivity index (χ0v) is 11.6. The van der Waals surface area contributed by atoms with Gasteiger partial charge >= 0.3 is 0 Å². The van der Waals surface area contributed by atoms with Crippen LogP contribution in [0.4, 0.5) is 11.6 Å². The fraction of sp³-hybridized carbons (Fsp3) is 0.692. The van der Waals surface area contributed by atoms with Crippen LogP contribution < -0.4 is 10.2 Å². The second kappa shape index (κ2) is 6.42. The predicted molar refractivity (Wildman–Crippen MR) is 73.7 cm³/mol. The van der Waals surface area contributed by atoms with Gasteiger partial charge in [0.25, 0.3) is 0 Å². The maximum atomic E-state index is 4.44. The van der Waals surface area contributed by atoms with Crippen molar-refractivity contribution in [3.8, 4) is 0 Å². The molecule has 0 aliphatic heterocycles. The summed E-state index contributed by atoms with van der Waals surface area (Å²) < 4.78 is 0. The van der Waals surface area contributed by atoms with E-state index in [4.69, 9.17) is 0 Å². The monoisotopic (exact) mass is 236 g/mol. The molecule has 0 saturated carbocycles. The average molecular weight is 236 g/mol. The summed E-state index contributed by atoms with van der Waals surface area (Å²) in [6.45, 7) is 12.6. The summed E-state index contributed by atoms with van der Waals surface area (Å²) in [4.78, 5) is 11.0. The summed E-state index contributed by atoms with van der Waals surface area (Å²) in [6, 6.07) is 0.503. The van der Waals surface area contributed by atoms with Crippen LogP contribution in [0.15, 0.2) is 6.33 Å². The van der Waals surface area contributed by atoms with Crippen molar-refractivity contribution < 1.29 is 0 Å². The molecule has 1 atom stereocenters. The first-order chi connectivity index (χ1) is 8.15. The van der Waals surface area contributed by atoms with Crippen LogP contribution in [0.3, 0.4) is 0 Å². The van der Waals surface area contributed by atoms with E-state index in [1.807, 2.05) is 0 Å². The summed E-state index contributed by atoms with van der Waals surface area (Å²) in [6.07, 6.45) is 2.76. The highest BCUT2D eigenvalue weighted by atomic mass is 15.2. The van der Waals surface area contributed by atoms with Crippen LogP contribution in [-0.2, 0) is 0 Å². The SMILES string of the molecule is CCNc1ncnc(N(CC)C(C)CC)c1C. The Labute approximate surface area is 104 Å². The molecule has 4 heteroatoms. The Morgan fingerprint density at radius 3 is 2.53 bits per heavy atom. The maximum Gasteiger partial charge on any atom is 0.137 e. The van der Waals surface area contributed by atoms with Gasteiger partial charge < -0.3 is 10.2 Å². The number of nitrogens with one attached hydrogen (secondary N) is 1. The average Bonchev–Trinajstić information content (AvgIpc) is 2.34. The Morgan fingerprint density at radius 1 is 1.29 bits per heavy atom. The second-order valence-corrected chi connectivity index (χ2v) is 4.24. The molecule has 1 N–H and O–H groups in total. The topological polar surface area (TPSA) is 41.1 Å². The molecule has 0 aliphatic carbocycles. The lowest BCUT2D eigenvalue weighted by Gasteiger charge is -2.30. The minimum Gasteiger partial charge on any atom is -0.370 e. The Kier molecular flexibility index (Phi) is 5.19. The zero-order valence-electron chi connectivity index (χ0n) is 11.6. The summed E-state index contributed by atoms with van der Waals surface area (Å²) in [5.74, 6) is 1.99. The van der Waals surface area contributed by atoms with Crippen LogP contribution in [0.5, 0.6) is 0 Å². The van der Waals surface area contributed by atoms with Crippen LogP contribution in [0.2, 0.25) is 0 Å². The highest BCUT2D eigenvalue weighted by Gasteiger charge is 2.16. The summed E-state index contributed by atoms with van der Waals surface area (Å²) in [7, 11) is 0. The van der Waals surface area contributed by atoms with Crippen LogP contribution in [0.1, 0.15) is 39.7 Å². The molecular formula is C13H24N4. The van der Waals surface area contributed by atoms with E-state index < -0.39 is 0 Å². The van der Waals surface area contributed by atoms with Gasteiger partial charge in [0, 0.05) is 24.7 Å². The molecule has 1 aromatic heterocycles. The second-order valence-electron chi connectivity index (χ2n) is 4.24. The van der Waals surface area contributed by atoms with Gasteiger partial charge in [0.05, 0.1) is 0 Å². The van der Waals surface area contributed by atoms with E-state index in [1.165, 1.54) is 0 Å². The van der Waals surface area contributed by atoms with Gasteiger partial charge in [0.1, 0.15) is 18.0 Å². The number of nitrogens with zero attached hydrogens (tertiary/aromatic N) is 3. The fourth-order valence-electron chi connectivity index (χ4n) is 1.97. The van der Waals surface area contributed by atoms with E-state index in [9.17, 15) is 0 Å². The van der Waals surface area contributed by atoms with Crippen molar-refractivity contribution in [2.24, 2.45) is 0 Å². The lowest BCUT2D eigenvalue weighted by Crippen LogP contribution is -2.33. The van der Waals surface area contributed by atoms with Crippen molar-refractivity contribution >= 4 is 11.6 Å². The minimum absolute atomic E-state index is 0.503. The minimum atomic E-state index is 0.503. The van der Waals surface area contributed by atoms with Crippen molar-refractivity contribution in [2.75, 3.05) is 23.3 Å². The first-order valence-corrected chi connectivity index (χ1v) is 6.47. The number of rotatable bonds is 6. The smallest absolute Gasteiger partial charge is 0.137 e. The molecule has 0 fully saturated rings. The highest BCUT2D eigenvalue weighted by Crippen LogP contribution is 2.24. The van der Waals surface area contributed by atoms with Crippen LogP contribution in [0.25, 0.3) is 0 Å². The number of hydrogen-bond donors (Lipinski definition) is 1. The van der Waals surface area contributed by atoms with E-state index in [0.717, 1.165) is 36.7 Å². The number of hydrogen-bond acceptors (Lipinski definition) is 4. The molecule has 17 heavy (non-hydrogen) atoms. The molecule has 0 bridgehead atoms. The quantitative estimate of drug-likeness (QED) is 0.824. The molecule has 0 radical (unpaired) electrons. The third kappa shape index (κ3) is 3.08. The highest BCUT2D eigenvalue weighted by molar-refractivity contribution is 5.58. The van der Waals surface area contributed by atoms with Crippen molar-refractivity contribution in [3.63, 3.8) is 0 Å². The lowest BCUT2D eigenvalue weighted by atomic mass is 10.2. The Balaban J connectivity index is 3.07. The van der Waals surface area contributed by atoms with Gasteiger partial charge in [-0.15, -0.1) is 0 Å². The van der Waals surface area contributed by atoms with Gasteiger partial charge in [-0.1, -0.05) is 6.92 Å². The van der Waals surface area contributed by atoms with Crippen molar-refractivity contribution in [3.05, 3.63) is 11.9 Å². The molecule has 0 spiro atoms. The molecular weight excluding hydrogens is 212 g/mol. The first-order valence-electron chi connectivity index (χ1n) is 6.47. The zero-order chi connectivity index (χ0) is 12.8. The molecule has 0 aromatic carbocycles. The third-order valence-electron chi connectivity index (χ3n) is 3.14. The molecule has 96 valence electrons. The van der Waals surface area contributed by atoms with Gasteiger partial charge in [-0.3, -0.25) is 0 Å². The molecule has 1 heterocycles. The molecule has 0 amide bonds. The van der Waals surface area contributed by atoms with Crippen LogP contribution >= 0.6 is 0 Å². The van der Waals surface area contributed by atoms with E-state index in [2.05, 4.69) is 54.8 Å². The largest absolute Gasteiger partial charge is 0.370 e. The number of anilines is 2. The van der Waals surface area contributed by atoms with Crippen molar-refractivity contribution in [1.82, 2.24) is 9.97 Å². The summed E-state index contributed by atoms with van der Waals surface area (Å²) in [5, 5.41) is 3.27. The lowest BCUT2D eigenvalue weighted by molar-refractivity contribution is 0.620. The van der Waals surface area contributed by atoms with E-state index in [-0.39, 0.29) is 0 Å². The molecule has 0 aliphatic rings. The van der Waals surface area contributed by atoms with E-state index >= 15 is 0 Å². The number of aromatic nitrogens is 2. The Bertz CT molecular complexity index is 351. The van der Waals surface area contributed by atoms with E-state index in [0.29, 0.717) is 6.04 Å². The van der Waals surface area contributed by atoms with Gasteiger partial charge in [-0.05, 0) is 34.1 Å². The molecule has 1 rings (SSSR count). The first kappa shape index (κ1) is 13.7. The van der Waals surface area contributed by atoms with Gasteiger partial charge in [0.15, 0.2) is 0 Å². The van der Waals surface area contributed by atoms with Gasteiger partial charge in [-0.2, -0.15) is 0 Å². The fourth-order valence-corrected chi connectivity index (χ4v) is 1.97. The third-order valence-corrected chi connectivity index (χ3v) is 3.14. The maximum absolute atomic E-state index is 4.44. The predicted octanol–water partition coefficient (Wildman–Crippen LogP) is 2.84. The van der Waals surface area contributed by atoms with Gasteiger partial charge in [0.2, 0.25) is 0 Å². The van der Waals surface area contributed by atoms with Gasteiger partial charge in [-0.25, -0.2) is 9.97 Å². The molecule has 0 saturated heterocycles. The summed E-state index contributed by atoms with van der Waals surface area (Å²) in [5.41, 5.74) is 1.14. The molecule has 4 nitrogen and oxygen atoms in total. The van der Waals surface area contributed by atoms with Crippen molar-refractivity contribution in [2.45, 2.75) is 47.1 Å². The Hall–Kier alpha value is -1.32. The molecule has 1 aromatic rings.